The van der Waals surface area contributed by atoms with E-state index in [2.05, 4.69) is 5.32 Å². The highest BCUT2D eigenvalue weighted by Crippen LogP contribution is 2.25. The predicted octanol–water partition coefficient (Wildman–Crippen LogP) is 6.30. The molecule has 10 heteroatoms. The van der Waals surface area contributed by atoms with Crippen LogP contribution in [0.5, 0.6) is 0 Å². The number of nitro benzene ring substituents is 1. The van der Waals surface area contributed by atoms with Gasteiger partial charge in [-0.25, -0.2) is 0 Å². The number of hydrogen-bond acceptors (Lipinski definition) is 5. The van der Waals surface area contributed by atoms with Gasteiger partial charge in [-0.1, -0.05) is 78.7 Å². The number of benzene rings is 3. The molecule has 0 saturated carbocycles. The Morgan fingerprint density at radius 2 is 1.66 bits per heavy atom. The molecule has 200 valence electrons. The van der Waals surface area contributed by atoms with E-state index in [9.17, 15) is 19.7 Å². The second-order valence-electron chi connectivity index (χ2n) is 8.68. The number of carbonyl (C=O) groups is 2. The van der Waals surface area contributed by atoms with E-state index < -0.39 is 11.0 Å². The van der Waals surface area contributed by atoms with Crippen molar-refractivity contribution in [3.8, 4) is 0 Å². The largest absolute Gasteiger partial charge is 0.354 e. The number of nitro groups is 1. The molecule has 0 radical (unpaired) electrons. The quantitative estimate of drug-likeness (QED) is 0.191. The predicted molar refractivity (Wildman–Crippen MR) is 154 cm³/mol. The number of non-ortho nitro benzene ring substituents is 1. The van der Waals surface area contributed by atoms with Crippen LogP contribution in [0.3, 0.4) is 0 Å². The van der Waals surface area contributed by atoms with Crippen molar-refractivity contribution in [1.29, 1.82) is 0 Å². The Kier molecular flexibility index (Phi) is 11.5. The first-order valence-corrected chi connectivity index (χ1v) is 14.1. The molecule has 0 unspecified atom stereocenters. The molecule has 0 bridgehead atoms. The van der Waals surface area contributed by atoms with Gasteiger partial charge in [0, 0.05) is 37.4 Å². The van der Waals surface area contributed by atoms with Crippen molar-refractivity contribution in [2.45, 2.75) is 38.1 Å². The summed E-state index contributed by atoms with van der Waals surface area (Å²) < 4.78 is 0. The van der Waals surface area contributed by atoms with Crippen LogP contribution in [0.2, 0.25) is 10.0 Å². The monoisotopic (exact) mass is 573 g/mol. The third-order valence-electron chi connectivity index (χ3n) is 5.80. The third kappa shape index (κ3) is 8.75. The van der Waals surface area contributed by atoms with Crippen molar-refractivity contribution in [2.75, 3.05) is 12.3 Å². The van der Waals surface area contributed by atoms with Crippen LogP contribution in [0.4, 0.5) is 5.69 Å². The lowest BCUT2D eigenvalue weighted by atomic mass is 10.0. The van der Waals surface area contributed by atoms with Crippen LogP contribution in [-0.4, -0.2) is 40.0 Å². The van der Waals surface area contributed by atoms with Crippen LogP contribution in [-0.2, 0) is 28.3 Å². The first-order valence-electron chi connectivity index (χ1n) is 12.1. The van der Waals surface area contributed by atoms with E-state index in [1.807, 2.05) is 37.3 Å². The Morgan fingerprint density at radius 1 is 0.974 bits per heavy atom. The molecule has 1 atom stereocenters. The fraction of sp³-hybridized carbons (Fsp3) is 0.286. The molecule has 0 aromatic heterocycles. The third-order valence-corrected chi connectivity index (χ3v) is 7.53. The molecule has 0 fully saturated rings. The highest BCUT2D eigenvalue weighted by Gasteiger charge is 2.30. The van der Waals surface area contributed by atoms with Gasteiger partial charge >= 0.3 is 0 Å². The van der Waals surface area contributed by atoms with E-state index in [1.165, 1.54) is 23.9 Å². The summed E-state index contributed by atoms with van der Waals surface area (Å²) in [6.07, 6.45) is 1.13. The number of hydrogen-bond donors (Lipinski definition) is 1. The SMILES string of the molecule is CCCNC(=O)[C@H](Cc1ccccc1)N(Cc1ccc(Cl)c(Cl)c1)C(=O)CSCc1ccc([N+](=O)[O-])cc1. The number of nitrogens with one attached hydrogen (secondary N) is 1. The maximum absolute atomic E-state index is 13.6. The standard InChI is InChI=1S/C28H29Cl2N3O4S/c1-2-14-31-28(35)26(16-20-6-4-3-5-7-20)32(17-22-10-13-24(29)25(30)15-22)27(34)19-38-18-21-8-11-23(12-9-21)33(36)37/h3-13,15,26H,2,14,16-19H2,1H3,(H,31,35)/t26-/m0/s1. The molecule has 3 aromatic carbocycles. The second-order valence-corrected chi connectivity index (χ2v) is 10.5. The van der Waals surface area contributed by atoms with Gasteiger partial charge in [-0.2, -0.15) is 0 Å². The molecular weight excluding hydrogens is 545 g/mol. The fourth-order valence-corrected chi connectivity index (χ4v) is 5.00. The van der Waals surface area contributed by atoms with E-state index in [0.717, 1.165) is 23.1 Å². The van der Waals surface area contributed by atoms with Gasteiger partial charge in [0.25, 0.3) is 5.69 Å². The summed E-state index contributed by atoms with van der Waals surface area (Å²) in [5.41, 5.74) is 2.58. The van der Waals surface area contributed by atoms with Gasteiger partial charge in [-0.15, -0.1) is 11.8 Å². The lowest BCUT2D eigenvalue weighted by molar-refractivity contribution is -0.384. The number of thioether (sulfide) groups is 1. The van der Waals surface area contributed by atoms with Gasteiger partial charge in [0.2, 0.25) is 11.8 Å². The van der Waals surface area contributed by atoms with E-state index in [0.29, 0.717) is 28.8 Å². The molecule has 0 aliphatic heterocycles. The van der Waals surface area contributed by atoms with Crippen LogP contribution in [0.25, 0.3) is 0 Å². The minimum absolute atomic E-state index is 0.0180. The van der Waals surface area contributed by atoms with Gasteiger partial charge in [0.05, 0.1) is 20.7 Å². The maximum Gasteiger partial charge on any atom is 0.269 e. The smallest absolute Gasteiger partial charge is 0.269 e. The van der Waals surface area contributed by atoms with E-state index in [4.69, 9.17) is 23.2 Å². The highest BCUT2D eigenvalue weighted by atomic mass is 35.5. The molecule has 2 amide bonds. The zero-order valence-corrected chi connectivity index (χ0v) is 23.3. The number of halogens is 2. The molecule has 0 aliphatic rings. The zero-order valence-electron chi connectivity index (χ0n) is 20.9. The normalized spacial score (nSPS) is 11.6. The fourth-order valence-electron chi connectivity index (χ4n) is 3.81. The number of rotatable bonds is 13. The molecule has 7 nitrogen and oxygen atoms in total. The minimum atomic E-state index is -0.731. The Morgan fingerprint density at radius 3 is 2.29 bits per heavy atom. The highest BCUT2D eigenvalue weighted by molar-refractivity contribution is 7.99. The molecule has 0 saturated heterocycles. The Bertz CT molecular complexity index is 1240. The molecule has 0 heterocycles. The molecular formula is C28H29Cl2N3O4S. The molecule has 0 spiro atoms. The summed E-state index contributed by atoms with van der Waals surface area (Å²) >= 11 is 13.7. The van der Waals surface area contributed by atoms with Crippen LogP contribution in [0.1, 0.15) is 30.0 Å². The van der Waals surface area contributed by atoms with E-state index in [-0.39, 0.29) is 29.8 Å². The van der Waals surface area contributed by atoms with Crippen molar-refractivity contribution < 1.29 is 14.5 Å². The first-order chi connectivity index (χ1) is 18.3. The van der Waals surface area contributed by atoms with Crippen molar-refractivity contribution >= 4 is 52.5 Å². The summed E-state index contributed by atoms with van der Waals surface area (Å²) in [5, 5.41) is 14.6. The number of amides is 2. The maximum atomic E-state index is 13.6. The van der Waals surface area contributed by atoms with Crippen molar-refractivity contribution in [3.05, 3.63) is 110 Å². The van der Waals surface area contributed by atoms with Crippen LogP contribution >= 0.6 is 35.0 Å². The van der Waals surface area contributed by atoms with E-state index >= 15 is 0 Å². The number of nitrogens with zero attached hydrogens (tertiary/aromatic N) is 2. The van der Waals surface area contributed by atoms with Crippen molar-refractivity contribution in [3.63, 3.8) is 0 Å². The lowest BCUT2D eigenvalue weighted by Gasteiger charge is -2.31. The first kappa shape index (κ1) is 29.5. The van der Waals surface area contributed by atoms with Gasteiger partial charge in [-0.3, -0.25) is 19.7 Å². The average Bonchev–Trinajstić information content (AvgIpc) is 2.92. The van der Waals surface area contributed by atoms with Gasteiger partial charge in [0.15, 0.2) is 0 Å². The Labute approximate surface area is 236 Å². The average molecular weight is 575 g/mol. The summed E-state index contributed by atoms with van der Waals surface area (Å²) in [6, 6.07) is 20.3. The number of carbonyl (C=O) groups excluding carboxylic acids is 2. The zero-order chi connectivity index (χ0) is 27.5. The van der Waals surface area contributed by atoms with Crippen molar-refractivity contribution in [1.82, 2.24) is 10.2 Å². The molecule has 3 rings (SSSR count). The molecule has 38 heavy (non-hydrogen) atoms. The van der Waals surface area contributed by atoms with Crippen LogP contribution in [0, 0.1) is 10.1 Å². The lowest BCUT2D eigenvalue weighted by Crippen LogP contribution is -2.51. The Hall–Kier alpha value is -3.07. The van der Waals surface area contributed by atoms with Crippen LogP contribution in [0.15, 0.2) is 72.8 Å². The van der Waals surface area contributed by atoms with Gasteiger partial charge < -0.3 is 10.2 Å². The van der Waals surface area contributed by atoms with Crippen LogP contribution < -0.4 is 5.32 Å². The minimum Gasteiger partial charge on any atom is -0.354 e. The summed E-state index contributed by atoms with van der Waals surface area (Å²) in [6.45, 7) is 2.67. The van der Waals surface area contributed by atoms with E-state index in [1.54, 1.807) is 35.2 Å². The summed E-state index contributed by atoms with van der Waals surface area (Å²) in [5.74, 6) is 0.209. The summed E-state index contributed by atoms with van der Waals surface area (Å²) in [4.78, 5) is 39.0. The second kappa shape index (κ2) is 14.8. The van der Waals surface area contributed by atoms with Gasteiger partial charge in [-0.05, 0) is 35.2 Å². The molecule has 3 aromatic rings. The van der Waals surface area contributed by atoms with Crippen molar-refractivity contribution in [2.24, 2.45) is 0 Å². The van der Waals surface area contributed by atoms with Gasteiger partial charge in [0.1, 0.15) is 6.04 Å². The molecule has 1 N–H and O–H groups in total. The summed E-state index contributed by atoms with van der Waals surface area (Å²) in [7, 11) is 0. The molecule has 0 aliphatic carbocycles. The Balaban J connectivity index is 1.83. The topological polar surface area (TPSA) is 92.6 Å².